The molecule has 0 aliphatic heterocycles. The van der Waals surface area contributed by atoms with Crippen LogP contribution in [0.4, 0.5) is 8.78 Å². The molecule has 0 aromatic heterocycles. The van der Waals surface area contributed by atoms with Gasteiger partial charge in [0.2, 0.25) is 0 Å². The molecule has 2 atom stereocenters. The minimum Gasteiger partial charge on any atom is -0.239 e. The standard InChI is InChI=1S/C24H26F2/c1-3-5-7-19-10-14-20(15-11-19)22-8-6-9-23(25)24(22,26)21-16-12-18(4-2)13-17-21/h6,8-17,23H,3-5,7H2,1-2H3. The lowest BCUT2D eigenvalue weighted by atomic mass is 9.77. The van der Waals surface area contributed by atoms with Gasteiger partial charge in [0.25, 0.3) is 0 Å². The quantitative estimate of drug-likeness (QED) is 0.539. The molecule has 0 saturated carbocycles. The van der Waals surface area contributed by atoms with E-state index >= 15 is 4.39 Å². The molecule has 2 aromatic rings. The highest BCUT2D eigenvalue weighted by Gasteiger charge is 2.45. The third kappa shape index (κ3) is 3.51. The average molecular weight is 352 g/mol. The van der Waals surface area contributed by atoms with Crippen LogP contribution < -0.4 is 0 Å². The van der Waals surface area contributed by atoms with Crippen molar-refractivity contribution in [2.24, 2.45) is 0 Å². The van der Waals surface area contributed by atoms with Gasteiger partial charge < -0.3 is 0 Å². The van der Waals surface area contributed by atoms with Crippen molar-refractivity contribution >= 4 is 5.57 Å². The first kappa shape index (κ1) is 18.6. The molecule has 0 amide bonds. The van der Waals surface area contributed by atoms with Crippen molar-refractivity contribution in [2.45, 2.75) is 51.4 Å². The first-order valence-corrected chi connectivity index (χ1v) is 9.50. The predicted molar refractivity (Wildman–Crippen MR) is 106 cm³/mol. The van der Waals surface area contributed by atoms with Crippen LogP contribution in [0.15, 0.2) is 66.8 Å². The van der Waals surface area contributed by atoms with Gasteiger partial charge in [-0.1, -0.05) is 81.0 Å². The van der Waals surface area contributed by atoms with Crippen molar-refractivity contribution in [3.63, 3.8) is 0 Å². The Kier molecular flexibility index (Phi) is 5.70. The van der Waals surface area contributed by atoms with Gasteiger partial charge in [-0.25, -0.2) is 8.78 Å². The van der Waals surface area contributed by atoms with E-state index in [0.717, 1.165) is 36.8 Å². The van der Waals surface area contributed by atoms with Gasteiger partial charge in [0.1, 0.15) is 0 Å². The second-order valence-electron chi connectivity index (χ2n) is 6.93. The monoisotopic (exact) mass is 352 g/mol. The maximum Gasteiger partial charge on any atom is 0.196 e. The molecule has 0 bridgehead atoms. The highest BCUT2D eigenvalue weighted by molar-refractivity contribution is 5.77. The van der Waals surface area contributed by atoms with Gasteiger partial charge in [-0.2, -0.15) is 0 Å². The molecule has 0 nitrogen and oxygen atoms in total. The van der Waals surface area contributed by atoms with Crippen LogP contribution in [0, 0.1) is 0 Å². The number of alkyl halides is 2. The van der Waals surface area contributed by atoms with E-state index < -0.39 is 11.8 Å². The fraction of sp³-hybridized carbons (Fsp3) is 0.333. The minimum atomic E-state index is -2.16. The van der Waals surface area contributed by atoms with E-state index in [0.29, 0.717) is 11.1 Å². The minimum absolute atomic E-state index is 0.368. The Balaban J connectivity index is 1.97. The molecule has 0 heterocycles. The molecular formula is C24H26F2. The van der Waals surface area contributed by atoms with E-state index in [4.69, 9.17) is 0 Å². The number of unbranched alkanes of at least 4 members (excludes halogenated alkanes) is 1. The van der Waals surface area contributed by atoms with Gasteiger partial charge in [-0.3, -0.25) is 0 Å². The largest absolute Gasteiger partial charge is 0.239 e. The van der Waals surface area contributed by atoms with Crippen molar-refractivity contribution < 1.29 is 8.78 Å². The summed E-state index contributed by atoms with van der Waals surface area (Å²) in [4.78, 5) is 0. The molecule has 2 unspecified atom stereocenters. The highest BCUT2D eigenvalue weighted by Crippen LogP contribution is 2.46. The molecule has 0 radical (unpaired) electrons. The molecule has 0 fully saturated rings. The summed E-state index contributed by atoms with van der Waals surface area (Å²) in [5.41, 5.74) is 1.68. The third-order valence-electron chi connectivity index (χ3n) is 5.18. The lowest BCUT2D eigenvalue weighted by Crippen LogP contribution is -2.34. The molecular weight excluding hydrogens is 326 g/mol. The van der Waals surface area contributed by atoms with Crippen molar-refractivity contribution in [3.8, 4) is 0 Å². The van der Waals surface area contributed by atoms with Crippen LogP contribution in [-0.2, 0) is 18.5 Å². The van der Waals surface area contributed by atoms with Crippen LogP contribution in [-0.4, -0.2) is 6.17 Å². The van der Waals surface area contributed by atoms with Gasteiger partial charge in [0.05, 0.1) is 0 Å². The summed E-state index contributed by atoms with van der Waals surface area (Å²) < 4.78 is 30.9. The second kappa shape index (κ2) is 7.99. The summed E-state index contributed by atoms with van der Waals surface area (Å²) in [6.45, 7) is 4.21. The Labute approximate surface area is 155 Å². The summed E-state index contributed by atoms with van der Waals surface area (Å²) in [5, 5.41) is 0. The number of benzene rings is 2. The van der Waals surface area contributed by atoms with Crippen molar-refractivity contribution in [1.29, 1.82) is 0 Å². The zero-order valence-corrected chi connectivity index (χ0v) is 15.5. The molecule has 1 aliphatic carbocycles. The van der Waals surface area contributed by atoms with E-state index in [1.807, 2.05) is 43.3 Å². The number of hydrogen-bond acceptors (Lipinski definition) is 0. The van der Waals surface area contributed by atoms with Crippen LogP contribution in [0.3, 0.4) is 0 Å². The lowest BCUT2D eigenvalue weighted by Gasteiger charge is -2.33. The Bertz CT molecular complexity index is 784. The van der Waals surface area contributed by atoms with E-state index in [2.05, 4.69) is 6.92 Å². The van der Waals surface area contributed by atoms with Crippen molar-refractivity contribution in [1.82, 2.24) is 0 Å². The van der Waals surface area contributed by atoms with Gasteiger partial charge in [0, 0.05) is 5.57 Å². The molecule has 136 valence electrons. The van der Waals surface area contributed by atoms with Crippen molar-refractivity contribution in [2.75, 3.05) is 0 Å². The Morgan fingerprint density at radius 1 is 0.923 bits per heavy atom. The lowest BCUT2D eigenvalue weighted by molar-refractivity contribution is 0.135. The average Bonchev–Trinajstić information content (AvgIpc) is 2.69. The number of allylic oxidation sites excluding steroid dienone is 4. The summed E-state index contributed by atoms with van der Waals surface area (Å²) in [5.74, 6) is 0. The van der Waals surface area contributed by atoms with Crippen LogP contribution in [0.25, 0.3) is 5.57 Å². The smallest absolute Gasteiger partial charge is 0.196 e. The third-order valence-corrected chi connectivity index (χ3v) is 5.18. The van der Waals surface area contributed by atoms with Gasteiger partial charge in [-0.05, 0) is 47.6 Å². The van der Waals surface area contributed by atoms with E-state index in [1.54, 1.807) is 24.3 Å². The molecule has 2 heteroatoms. The summed E-state index contributed by atoms with van der Waals surface area (Å²) in [6, 6.07) is 15.1. The Hall–Kier alpha value is -2.22. The summed E-state index contributed by atoms with van der Waals surface area (Å²) >= 11 is 0. The SMILES string of the molecule is CCCCc1ccc(C2=CC=CC(F)C2(F)c2ccc(CC)cc2)cc1. The topological polar surface area (TPSA) is 0 Å². The van der Waals surface area contributed by atoms with Crippen LogP contribution in [0.2, 0.25) is 0 Å². The number of halogens is 2. The fourth-order valence-corrected chi connectivity index (χ4v) is 3.49. The van der Waals surface area contributed by atoms with Gasteiger partial charge >= 0.3 is 0 Å². The van der Waals surface area contributed by atoms with E-state index in [1.165, 1.54) is 11.6 Å². The van der Waals surface area contributed by atoms with Crippen molar-refractivity contribution in [3.05, 3.63) is 89.0 Å². The molecule has 0 spiro atoms. The summed E-state index contributed by atoms with van der Waals surface area (Å²) in [6.07, 6.45) is 7.08. The van der Waals surface area contributed by atoms with Gasteiger partial charge in [-0.15, -0.1) is 0 Å². The number of rotatable bonds is 6. The number of hydrogen-bond donors (Lipinski definition) is 0. The molecule has 3 rings (SSSR count). The van der Waals surface area contributed by atoms with E-state index in [9.17, 15) is 4.39 Å². The first-order chi connectivity index (χ1) is 12.6. The molecule has 0 N–H and O–H groups in total. The van der Waals surface area contributed by atoms with Crippen LogP contribution in [0.1, 0.15) is 48.9 Å². The molecule has 1 aliphatic rings. The predicted octanol–water partition coefficient (Wildman–Crippen LogP) is 6.75. The van der Waals surface area contributed by atoms with Crippen LogP contribution >= 0.6 is 0 Å². The maximum absolute atomic E-state index is 16.1. The zero-order valence-electron chi connectivity index (χ0n) is 15.5. The highest BCUT2D eigenvalue weighted by atomic mass is 19.2. The van der Waals surface area contributed by atoms with Gasteiger partial charge in [0.15, 0.2) is 11.8 Å². The molecule has 2 aromatic carbocycles. The zero-order chi connectivity index (χ0) is 18.6. The Morgan fingerprint density at radius 2 is 1.58 bits per heavy atom. The summed E-state index contributed by atoms with van der Waals surface area (Å²) in [7, 11) is 0. The molecule has 26 heavy (non-hydrogen) atoms. The number of aryl methyl sites for hydroxylation is 2. The fourth-order valence-electron chi connectivity index (χ4n) is 3.49. The van der Waals surface area contributed by atoms with Crippen LogP contribution in [0.5, 0.6) is 0 Å². The Morgan fingerprint density at radius 3 is 2.19 bits per heavy atom. The van der Waals surface area contributed by atoms with E-state index in [-0.39, 0.29) is 0 Å². The first-order valence-electron chi connectivity index (χ1n) is 9.50. The maximum atomic E-state index is 16.1. The molecule has 0 saturated heterocycles. The normalized spacial score (nSPS) is 22.3. The second-order valence-corrected chi connectivity index (χ2v) is 6.93.